The normalized spacial score (nSPS) is 12.9. The van der Waals surface area contributed by atoms with E-state index < -0.39 is 0 Å². The number of carbonyl (C=O) groups excluding carboxylic acids is 1. The maximum atomic E-state index is 11.0. The van der Waals surface area contributed by atoms with E-state index >= 15 is 0 Å². The fraction of sp³-hybridized carbons (Fsp3) is 0.875. The van der Waals surface area contributed by atoms with Gasteiger partial charge < -0.3 is 11.5 Å². The van der Waals surface area contributed by atoms with Gasteiger partial charge in [0.15, 0.2) is 0 Å². The zero-order valence-electron chi connectivity index (χ0n) is 7.81. The van der Waals surface area contributed by atoms with Crippen LogP contribution < -0.4 is 16.8 Å². The SMILES string of the molecule is CCC(=O)C(N)CCCNC[NH3+]. The molecule has 0 heterocycles. The van der Waals surface area contributed by atoms with Crippen LogP contribution in [0.4, 0.5) is 0 Å². The standard InChI is InChI=1S/C8H19N3O/c1-2-8(12)7(10)4-3-5-11-6-9/h7,11H,2-6,9-10H2,1H3/p+1. The Morgan fingerprint density at radius 2 is 2.33 bits per heavy atom. The first-order chi connectivity index (χ1) is 5.72. The van der Waals surface area contributed by atoms with Gasteiger partial charge in [0.1, 0.15) is 12.5 Å². The lowest BCUT2D eigenvalue weighted by molar-refractivity contribution is -0.374. The van der Waals surface area contributed by atoms with Crippen LogP contribution in [0.2, 0.25) is 0 Å². The lowest BCUT2D eigenvalue weighted by atomic mass is 10.1. The van der Waals surface area contributed by atoms with E-state index in [0.29, 0.717) is 6.42 Å². The summed E-state index contributed by atoms with van der Waals surface area (Å²) >= 11 is 0. The van der Waals surface area contributed by atoms with Crippen LogP contribution in [-0.2, 0) is 4.79 Å². The summed E-state index contributed by atoms with van der Waals surface area (Å²) in [5.74, 6) is 0.157. The third-order valence-corrected chi connectivity index (χ3v) is 1.81. The number of nitrogens with two attached hydrogens (primary N) is 1. The van der Waals surface area contributed by atoms with Gasteiger partial charge in [0.2, 0.25) is 0 Å². The number of Topliss-reactive ketones (excluding diaryl/α,β-unsaturated/α-hetero) is 1. The number of ketones is 1. The second-order valence-electron chi connectivity index (χ2n) is 2.82. The first-order valence-corrected chi connectivity index (χ1v) is 4.50. The zero-order chi connectivity index (χ0) is 9.40. The van der Waals surface area contributed by atoms with Gasteiger partial charge in [0, 0.05) is 13.0 Å². The molecule has 0 aromatic carbocycles. The minimum absolute atomic E-state index is 0.157. The lowest BCUT2D eigenvalue weighted by Crippen LogP contribution is -2.57. The molecule has 0 spiro atoms. The molecule has 0 saturated heterocycles. The maximum Gasteiger partial charge on any atom is 0.149 e. The number of nitrogens with one attached hydrogen (secondary N) is 1. The Morgan fingerprint density at radius 1 is 1.67 bits per heavy atom. The fourth-order valence-electron chi connectivity index (χ4n) is 0.995. The summed E-state index contributed by atoms with van der Waals surface area (Å²) in [5, 5.41) is 3.08. The van der Waals surface area contributed by atoms with Crippen LogP contribution in [-0.4, -0.2) is 25.0 Å². The van der Waals surface area contributed by atoms with Crippen molar-refractivity contribution in [3.63, 3.8) is 0 Å². The molecule has 0 fully saturated rings. The van der Waals surface area contributed by atoms with Crippen molar-refractivity contribution in [3.8, 4) is 0 Å². The predicted octanol–water partition coefficient (Wildman–Crippen LogP) is -1.14. The highest BCUT2D eigenvalue weighted by molar-refractivity contribution is 5.83. The zero-order valence-corrected chi connectivity index (χ0v) is 7.81. The third-order valence-electron chi connectivity index (χ3n) is 1.81. The maximum absolute atomic E-state index is 11.0. The van der Waals surface area contributed by atoms with Gasteiger partial charge in [0.05, 0.1) is 6.04 Å². The molecule has 0 rings (SSSR count). The topological polar surface area (TPSA) is 82.8 Å². The summed E-state index contributed by atoms with van der Waals surface area (Å²) in [6.07, 6.45) is 2.27. The molecule has 0 aliphatic carbocycles. The number of quaternary nitrogens is 1. The second kappa shape index (κ2) is 7.21. The van der Waals surface area contributed by atoms with Gasteiger partial charge in [-0.2, -0.15) is 0 Å². The first-order valence-electron chi connectivity index (χ1n) is 4.50. The van der Waals surface area contributed by atoms with E-state index in [2.05, 4.69) is 11.1 Å². The molecular weight excluding hydrogens is 154 g/mol. The Hall–Kier alpha value is -0.450. The molecule has 0 saturated carbocycles. The summed E-state index contributed by atoms with van der Waals surface area (Å²) in [4.78, 5) is 11.0. The Morgan fingerprint density at radius 3 is 2.83 bits per heavy atom. The molecule has 0 aromatic heterocycles. The highest BCUT2D eigenvalue weighted by atomic mass is 16.1. The number of hydrogen-bond acceptors (Lipinski definition) is 3. The van der Waals surface area contributed by atoms with Gasteiger partial charge in [-0.1, -0.05) is 6.92 Å². The van der Waals surface area contributed by atoms with Crippen molar-refractivity contribution in [3.05, 3.63) is 0 Å². The van der Waals surface area contributed by atoms with Gasteiger partial charge in [-0.15, -0.1) is 0 Å². The minimum atomic E-state index is -0.262. The van der Waals surface area contributed by atoms with Crippen molar-refractivity contribution in [1.29, 1.82) is 0 Å². The molecule has 4 nitrogen and oxygen atoms in total. The van der Waals surface area contributed by atoms with E-state index in [0.717, 1.165) is 26.1 Å². The van der Waals surface area contributed by atoms with E-state index in [-0.39, 0.29) is 11.8 Å². The van der Waals surface area contributed by atoms with E-state index in [1.54, 1.807) is 0 Å². The molecule has 0 aliphatic rings. The van der Waals surface area contributed by atoms with Crippen LogP contribution in [0.5, 0.6) is 0 Å². The number of hydrogen-bond donors (Lipinski definition) is 3. The van der Waals surface area contributed by atoms with Crippen LogP contribution in [0.3, 0.4) is 0 Å². The van der Waals surface area contributed by atoms with Crippen molar-refractivity contribution < 1.29 is 10.5 Å². The molecule has 4 heteroatoms. The predicted molar refractivity (Wildman–Crippen MR) is 48.3 cm³/mol. The van der Waals surface area contributed by atoms with E-state index in [1.807, 2.05) is 6.92 Å². The van der Waals surface area contributed by atoms with Crippen LogP contribution in [0.15, 0.2) is 0 Å². The molecule has 0 aromatic rings. The van der Waals surface area contributed by atoms with Gasteiger partial charge in [0.25, 0.3) is 0 Å². The van der Waals surface area contributed by atoms with Crippen molar-refractivity contribution in [2.45, 2.75) is 32.2 Å². The Labute approximate surface area is 73.7 Å². The molecule has 0 bridgehead atoms. The monoisotopic (exact) mass is 174 g/mol. The highest BCUT2D eigenvalue weighted by Crippen LogP contribution is 1.96. The van der Waals surface area contributed by atoms with Gasteiger partial charge >= 0.3 is 0 Å². The number of rotatable bonds is 7. The fourth-order valence-corrected chi connectivity index (χ4v) is 0.995. The van der Waals surface area contributed by atoms with Crippen molar-refractivity contribution in [2.24, 2.45) is 5.73 Å². The molecule has 1 unspecified atom stereocenters. The highest BCUT2D eigenvalue weighted by Gasteiger charge is 2.09. The minimum Gasteiger partial charge on any atom is -0.345 e. The van der Waals surface area contributed by atoms with E-state index in [9.17, 15) is 4.79 Å². The van der Waals surface area contributed by atoms with Crippen LogP contribution in [0.1, 0.15) is 26.2 Å². The lowest BCUT2D eigenvalue weighted by Gasteiger charge is -2.08. The molecule has 0 amide bonds. The molecule has 72 valence electrons. The Balaban J connectivity index is 3.31. The van der Waals surface area contributed by atoms with Crippen LogP contribution >= 0.6 is 0 Å². The van der Waals surface area contributed by atoms with Gasteiger partial charge in [-0.05, 0) is 12.8 Å². The molecule has 12 heavy (non-hydrogen) atoms. The average molecular weight is 174 g/mol. The summed E-state index contributed by atoms with van der Waals surface area (Å²) in [7, 11) is 0. The Kier molecular flexibility index (Phi) is 6.94. The van der Waals surface area contributed by atoms with Crippen molar-refractivity contribution in [2.75, 3.05) is 13.2 Å². The first kappa shape index (κ1) is 11.6. The summed E-state index contributed by atoms with van der Waals surface area (Å²) < 4.78 is 0. The average Bonchev–Trinajstić information content (AvgIpc) is 2.10. The van der Waals surface area contributed by atoms with Crippen LogP contribution in [0, 0.1) is 0 Å². The van der Waals surface area contributed by atoms with E-state index in [4.69, 9.17) is 5.73 Å². The summed E-state index contributed by atoms with van der Waals surface area (Å²) in [6, 6.07) is -0.262. The quantitative estimate of drug-likeness (QED) is 0.337. The van der Waals surface area contributed by atoms with Crippen molar-refractivity contribution >= 4 is 5.78 Å². The number of carbonyl (C=O) groups is 1. The molecule has 1 atom stereocenters. The Bertz CT molecular complexity index is 127. The summed E-state index contributed by atoms with van der Waals surface area (Å²) in [6.45, 7) is 3.47. The molecular formula is C8H20N3O+. The largest absolute Gasteiger partial charge is 0.345 e. The van der Waals surface area contributed by atoms with E-state index in [1.165, 1.54) is 0 Å². The summed E-state index contributed by atoms with van der Waals surface area (Å²) in [5.41, 5.74) is 9.26. The van der Waals surface area contributed by atoms with Gasteiger partial charge in [-0.25, -0.2) is 0 Å². The van der Waals surface area contributed by atoms with Crippen LogP contribution in [0.25, 0.3) is 0 Å². The molecule has 0 radical (unpaired) electrons. The second-order valence-corrected chi connectivity index (χ2v) is 2.82. The van der Waals surface area contributed by atoms with Gasteiger partial charge in [-0.3, -0.25) is 10.1 Å². The molecule has 0 aliphatic heterocycles. The smallest absolute Gasteiger partial charge is 0.149 e. The van der Waals surface area contributed by atoms with Crippen molar-refractivity contribution in [1.82, 2.24) is 5.32 Å². The third kappa shape index (κ3) is 5.23. The molecule has 6 N–H and O–H groups in total.